The first-order valence-corrected chi connectivity index (χ1v) is 5.51. The second-order valence-electron chi connectivity index (χ2n) is 3.40. The standard InChI is InChI=1S/C10H13BrN2O2/c1-14-8-4-12-10(15-2)9-3-7(11)5-13(9)6-8/h3,5,8H,4,6H2,1-2H3/t8-/m1/s1. The smallest absolute Gasteiger partial charge is 0.233 e. The number of hydrogen-bond acceptors (Lipinski definition) is 3. The molecule has 4 nitrogen and oxygen atoms in total. The van der Waals surface area contributed by atoms with Gasteiger partial charge in [-0.2, -0.15) is 0 Å². The Balaban J connectivity index is 2.40. The molecule has 5 heteroatoms. The zero-order valence-corrected chi connectivity index (χ0v) is 10.3. The molecule has 1 atom stereocenters. The fourth-order valence-corrected chi connectivity index (χ4v) is 2.13. The van der Waals surface area contributed by atoms with Crippen LogP contribution in [0, 0.1) is 0 Å². The lowest BCUT2D eigenvalue weighted by Crippen LogP contribution is -2.20. The van der Waals surface area contributed by atoms with Crippen molar-refractivity contribution in [3.63, 3.8) is 0 Å². The molecule has 1 aliphatic heterocycles. The topological polar surface area (TPSA) is 35.8 Å². The molecule has 0 unspecified atom stereocenters. The second kappa shape index (κ2) is 4.37. The minimum atomic E-state index is 0.107. The molecule has 0 fully saturated rings. The number of halogens is 1. The van der Waals surface area contributed by atoms with Crippen LogP contribution < -0.4 is 0 Å². The van der Waals surface area contributed by atoms with Gasteiger partial charge in [0.15, 0.2) is 0 Å². The number of ether oxygens (including phenoxy) is 2. The highest BCUT2D eigenvalue weighted by Crippen LogP contribution is 2.19. The van der Waals surface area contributed by atoms with Gasteiger partial charge in [-0.05, 0) is 22.0 Å². The summed E-state index contributed by atoms with van der Waals surface area (Å²) in [7, 11) is 3.34. The third-order valence-corrected chi connectivity index (χ3v) is 2.88. The molecule has 2 rings (SSSR count). The van der Waals surface area contributed by atoms with Crippen LogP contribution in [0.1, 0.15) is 5.69 Å². The maximum absolute atomic E-state index is 5.33. The molecule has 0 saturated carbocycles. The van der Waals surface area contributed by atoms with Crippen molar-refractivity contribution in [3.05, 3.63) is 22.4 Å². The number of aromatic nitrogens is 1. The average molecular weight is 273 g/mol. The lowest BCUT2D eigenvalue weighted by Gasteiger charge is -2.11. The Bertz CT molecular complexity index is 387. The summed E-state index contributed by atoms with van der Waals surface area (Å²) in [5, 5.41) is 0. The summed E-state index contributed by atoms with van der Waals surface area (Å²) in [5.41, 5.74) is 0.990. The molecule has 1 aromatic heterocycles. The number of hydrogen-bond donors (Lipinski definition) is 0. The molecule has 0 radical (unpaired) electrons. The van der Waals surface area contributed by atoms with Crippen LogP contribution in [-0.4, -0.2) is 37.3 Å². The van der Waals surface area contributed by atoms with Crippen molar-refractivity contribution in [1.29, 1.82) is 0 Å². The monoisotopic (exact) mass is 272 g/mol. The van der Waals surface area contributed by atoms with E-state index in [1.54, 1.807) is 14.2 Å². The first kappa shape index (κ1) is 10.7. The Morgan fingerprint density at radius 1 is 1.53 bits per heavy atom. The molecule has 2 heterocycles. The highest BCUT2D eigenvalue weighted by molar-refractivity contribution is 9.10. The molecule has 0 saturated heterocycles. The maximum atomic E-state index is 5.33. The van der Waals surface area contributed by atoms with Gasteiger partial charge in [0, 0.05) is 17.8 Å². The van der Waals surface area contributed by atoms with Gasteiger partial charge in [-0.15, -0.1) is 0 Å². The average Bonchev–Trinajstić information content (AvgIpc) is 2.50. The predicted molar refractivity (Wildman–Crippen MR) is 61.3 cm³/mol. The highest BCUT2D eigenvalue weighted by Gasteiger charge is 2.19. The van der Waals surface area contributed by atoms with Crippen LogP contribution in [0.15, 0.2) is 21.7 Å². The summed E-state index contributed by atoms with van der Waals surface area (Å²) >= 11 is 3.44. The van der Waals surface area contributed by atoms with Crippen molar-refractivity contribution in [1.82, 2.24) is 4.57 Å². The number of fused-ring (bicyclic) bond motifs is 1. The third kappa shape index (κ3) is 2.08. The van der Waals surface area contributed by atoms with Gasteiger partial charge in [0.25, 0.3) is 0 Å². The maximum Gasteiger partial charge on any atom is 0.233 e. The molecule has 0 amide bonds. The van der Waals surface area contributed by atoms with Gasteiger partial charge in [-0.1, -0.05) is 0 Å². The van der Waals surface area contributed by atoms with Gasteiger partial charge in [-0.25, -0.2) is 4.99 Å². The lowest BCUT2D eigenvalue weighted by molar-refractivity contribution is 0.0961. The molecular weight excluding hydrogens is 260 g/mol. The number of nitrogens with zero attached hydrogens (tertiary/aromatic N) is 2. The molecule has 0 bridgehead atoms. The van der Waals surface area contributed by atoms with Gasteiger partial charge in [0.2, 0.25) is 5.90 Å². The summed E-state index contributed by atoms with van der Waals surface area (Å²) in [6, 6.07) is 2.00. The first-order chi connectivity index (χ1) is 7.24. The molecule has 82 valence electrons. The van der Waals surface area contributed by atoms with E-state index in [1.165, 1.54) is 0 Å². The molecule has 1 aliphatic rings. The van der Waals surface area contributed by atoms with E-state index in [0.717, 1.165) is 16.7 Å². The van der Waals surface area contributed by atoms with Gasteiger partial charge in [0.05, 0.1) is 26.3 Å². The van der Waals surface area contributed by atoms with E-state index in [9.17, 15) is 0 Å². The summed E-state index contributed by atoms with van der Waals surface area (Å²) in [4.78, 5) is 4.38. The van der Waals surface area contributed by atoms with Crippen LogP contribution in [0.25, 0.3) is 0 Å². The molecule has 0 spiro atoms. The quantitative estimate of drug-likeness (QED) is 0.780. The predicted octanol–water partition coefficient (Wildman–Crippen LogP) is 1.67. The van der Waals surface area contributed by atoms with Crippen LogP contribution in [-0.2, 0) is 16.0 Å². The van der Waals surface area contributed by atoms with E-state index in [1.807, 2.05) is 12.3 Å². The number of rotatable bonds is 1. The normalized spacial score (nSPS) is 20.5. The van der Waals surface area contributed by atoms with E-state index in [4.69, 9.17) is 9.47 Å². The Kier molecular flexibility index (Phi) is 3.11. The molecule has 15 heavy (non-hydrogen) atoms. The Morgan fingerprint density at radius 2 is 2.33 bits per heavy atom. The number of methoxy groups -OCH3 is 2. The van der Waals surface area contributed by atoms with E-state index in [-0.39, 0.29) is 6.10 Å². The van der Waals surface area contributed by atoms with E-state index in [2.05, 4.69) is 25.5 Å². The van der Waals surface area contributed by atoms with E-state index < -0.39 is 0 Å². The summed E-state index contributed by atoms with van der Waals surface area (Å²) in [6.45, 7) is 1.44. The zero-order valence-electron chi connectivity index (χ0n) is 8.74. The van der Waals surface area contributed by atoms with Gasteiger partial charge >= 0.3 is 0 Å². The highest BCUT2D eigenvalue weighted by atomic mass is 79.9. The minimum Gasteiger partial charge on any atom is -0.480 e. The van der Waals surface area contributed by atoms with Crippen molar-refractivity contribution in [2.24, 2.45) is 4.99 Å². The first-order valence-electron chi connectivity index (χ1n) is 4.72. The summed E-state index contributed by atoms with van der Waals surface area (Å²) < 4.78 is 13.7. The Labute approximate surface area is 97.0 Å². The van der Waals surface area contributed by atoms with Crippen molar-refractivity contribution in [2.75, 3.05) is 20.8 Å². The van der Waals surface area contributed by atoms with E-state index in [0.29, 0.717) is 12.4 Å². The summed E-state index contributed by atoms with van der Waals surface area (Å²) in [5.74, 6) is 0.667. The lowest BCUT2D eigenvalue weighted by atomic mass is 10.3. The third-order valence-electron chi connectivity index (χ3n) is 2.45. The molecule has 0 aliphatic carbocycles. The van der Waals surface area contributed by atoms with Crippen LogP contribution in [0.4, 0.5) is 0 Å². The zero-order chi connectivity index (χ0) is 10.8. The van der Waals surface area contributed by atoms with Crippen LogP contribution >= 0.6 is 15.9 Å². The fraction of sp³-hybridized carbons (Fsp3) is 0.500. The fourth-order valence-electron chi connectivity index (χ4n) is 1.67. The van der Waals surface area contributed by atoms with Crippen molar-refractivity contribution < 1.29 is 9.47 Å². The van der Waals surface area contributed by atoms with Crippen molar-refractivity contribution >= 4 is 21.8 Å². The number of aliphatic imine (C=N–C) groups is 1. The SMILES string of the molecule is COC1=NC[C@@H](OC)Cn2cc(Br)cc21. The molecule has 1 aromatic rings. The molecule has 0 N–H and O–H groups in total. The summed E-state index contributed by atoms with van der Waals surface area (Å²) in [6.07, 6.45) is 2.12. The largest absolute Gasteiger partial charge is 0.480 e. The van der Waals surface area contributed by atoms with Crippen LogP contribution in [0.2, 0.25) is 0 Å². The van der Waals surface area contributed by atoms with Gasteiger partial charge in [-0.3, -0.25) is 0 Å². The van der Waals surface area contributed by atoms with Gasteiger partial charge in [0.1, 0.15) is 5.69 Å². The van der Waals surface area contributed by atoms with Crippen LogP contribution in [0.5, 0.6) is 0 Å². The minimum absolute atomic E-state index is 0.107. The molecular formula is C10H13BrN2O2. The van der Waals surface area contributed by atoms with Crippen molar-refractivity contribution in [3.8, 4) is 0 Å². The van der Waals surface area contributed by atoms with Gasteiger partial charge < -0.3 is 14.0 Å². The van der Waals surface area contributed by atoms with Crippen LogP contribution in [0.3, 0.4) is 0 Å². The van der Waals surface area contributed by atoms with Crippen molar-refractivity contribution in [2.45, 2.75) is 12.6 Å². The Morgan fingerprint density at radius 3 is 3.00 bits per heavy atom. The Hall–Kier alpha value is -0.810. The second-order valence-corrected chi connectivity index (χ2v) is 4.32. The van der Waals surface area contributed by atoms with E-state index >= 15 is 0 Å². The molecule has 0 aromatic carbocycles.